The highest BCUT2D eigenvalue weighted by Gasteiger charge is 2.49. The van der Waals surface area contributed by atoms with Crippen LogP contribution in [0.4, 0.5) is 0 Å². The largest absolute Gasteiger partial charge is 0.490 e. The molecule has 1 aliphatic carbocycles. The normalized spacial score (nSPS) is 28.3. The van der Waals surface area contributed by atoms with E-state index in [0.717, 1.165) is 16.6 Å². The predicted molar refractivity (Wildman–Crippen MR) is 66.6 cm³/mol. The van der Waals surface area contributed by atoms with Gasteiger partial charge in [0.1, 0.15) is 11.9 Å². The van der Waals surface area contributed by atoms with Crippen LogP contribution in [0.15, 0.2) is 28.7 Å². The van der Waals surface area contributed by atoms with Gasteiger partial charge in [0, 0.05) is 21.7 Å². The molecule has 2 rings (SSSR count). The maximum absolute atomic E-state index is 6.14. The lowest BCUT2D eigenvalue weighted by atomic mass is 9.68. The summed E-state index contributed by atoms with van der Waals surface area (Å²) >= 11 is 9.54. The molecule has 15 heavy (non-hydrogen) atoms. The summed E-state index contributed by atoms with van der Waals surface area (Å²) in [6.45, 7) is 4.30. The van der Waals surface area contributed by atoms with Crippen molar-refractivity contribution in [2.45, 2.75) is 31.7 Å². The van der Waals surface area contributed by atoms with E-state index in [4.69, 9.17) is 16.3 Å². The van der Waals surface area contributed by atoms with Crippen LogP contribution in [0.1, 0.15) is 20.3 Å². The predicted octanol–water partition coefficient (Wildman–Crippen LogP) is 4.23. The molecule has 0 heterocycles. The Morgan fingerprint density at radius 1 is 1.33 bits per heavy atom. The molecule has 2 atom stereocenters. The summed E-state index contributed by atoms with van der Waals surface area (Å²) in [5.41, 5.74) is 0.0780. The average Bonchev–Trinajstić information content (AvgIpc) is 2.21. The lowest BCUT2D eigenvalue weighted by Crippen LogP contribution is -2.53. The van der Waals surface area contributed by atoms with E-state index in [1.54, 1.807) is 0 Å². The summed E-state index contributed by atoms with van der Waals surface area (Å²) in [6, 6.07) is 7.92. The molecule has 1 aliphatic rings. The topological polar surface area (TPSA) is 9.23 Å². The first-order valence-electron chi connectivity index (χ1n) is 5.06. The third-order valence-corrected chi connectivity index (χ3v) is 4.42. The van der Waals surface area contributed by atoms with Crippen LogP contribution in [0.25, 0.3) is 0 Å². The highest BCUT2D eigenvalue weighted by Crippen LogP contribution is 2.46. The fourth-order valence-electron chi connectivity index (χ4n) is 1.71. The van der Waals surface area contributed by atoms with Gasteiger partial charge in [-0.2, -0.15) is 0 Å². The number of hydrogen-bond donors (Lipinski definition) is 0. The van der Waals surface area contributed by atoms with Crippen molar-refractivity contribution in [2.24, 2.45) is 5.41 Å². The Balaban J connectivity index is 2.02. The van der Waals surface area contributed by atoms with Crippen LogP contribution in [-0.4, -0.2) is 11.5 Å². The summed E-state index contributed by atoms with van der Waals surface area (Å²) in [6.07, 6.45) is 1.17. The molecule has 0 bridgehead atoms. The van der Waals surface area contributed by atoms with Gasteiger partial charge in [-0.15, -0.1) is 11.6 Å². The number of alkyl halides is 1. The van der Waals surface area contributed by atoms with Crippen molar-refractivity contribution in [3.63, 3.8) is 0 Å². The van der Waals surface area contributed by atoms with Gasteiger partial charge < -0.3 is 4.74 Å². The fraction of sp³-hybridized carbons (Fsp3) is 0.500. The molecule has 0 saturated heterocycles. The smallest absolute Gasteiger partial charge is 0.119 e. The van der Waals surface area contributed by atoms with Crippen LogP contribution in [0.2, 0.25) is 0 Å². The van der Waals surface area contributed by atoms with Crippen LogP contribution >= 0.6 is 27.5 Å². The van der Waals surface area contributed by atoms with Gasteiger partial charge in [0.15, 0.2) is 0 Å². The Bertz CT molecular complexity index is 347. The minimum Gasteiger partial charge on any atom is -0.490 e. The van der Waals surface area contributed by atoms with E-state index >= 15 is 0 Å². The average molecular weight is 290 g/mol. The Morgan fingerprint density at radius 3 is 2.40 bits per heavy atom. The molecule has 0 N–H and O–H groups in total. The van der Waals surface area contributed by atoms with Gasteiger partial charge >= 0.3 is 0 Å². The number of ether oxygens (including phenoxy) is 1. The quantitative estimate of drug-likeness (QED) is 0.740. The Hall–Kier alpha value is -0.210. The molecule has 1 saturated carbocycles. The van der Waals surface area contributed by atoms with Gasteiger partial charge in [0.25, 0.3) is 0 Å². The summed E-state index contributed by atoms with van der Waals surface area (Å²) in [5.74, 6) is 0.917. The number of hydrogen-bond acceptors (Lipinski definition) is 1. The SMILES string of the molecule is CC1(C)C(Cl)CC1Oc1ccc(Br)cc1. The van der Waals surface area contributed by atoms with Crippen molar-refractivity contribution >= 4 is 27.5 Å². The van der Waals surface area contributed by atoms with Crippen molar-refractivity contribution < 1.29 is 4.74 Å². The van der Waals surface area contributed by atoms with E-state index in [9.17, 15) is 0 Å². The van der Waals surface area contributed by atoms with Crippen LogP contribution in [-0.2, 0) is 0 Å². The zero-order chi connectivity index (χ0) is 11.1. The van der Waals surface area contributed by atoms with E-state index in [-0.39, 0.29) is 16.9 Å². The minimum atomic E-state index is 0.0780. The van der Waals surface area contributed by atoms with E-state index in [2.05, 4.69) is 29.8 Å². The highest BCUT2D eigenvalue weighted by molar-refractivity contribution is 9.10. The van der Waals surface area contributed by atoms with Gasteiger partial charge in [-0.3, -0.25) is 0 Å². The Kier molecular flexibility index (Phi) is 3.00. The van der Waals surface area contributed by atoms with E-state index in [1.165, 1.54) is 0 Å². The first-order chi connectivity index (χ1) is 7.00. The molecule has 1 aromatic carbocycles. The van der Waals surface area contributed by atoms with Crippen LogP contribution < -0.4 is 4.74 Å². The van der Waals surface area contributed by atoms with Crippen LogP contribution in [0, 0.1) is 5.41 Å². The molecule has 1 nitrogen and oxygen atoms in total. The standard InChI is InChI=1S/C12H14BrClO/c1-12(2)10(14)7-11(12)15-9-5-3-8(13)4-6-9/h3-6,10-11H,7H2,1-2H3. The second kappa shape index (κ2) is 3.99. The molecule has 1 aromatic rings. The summed E-state index contributed by atoms with van der Waals surface area (Å²) < 4.78 is 6.95. The van der Waals surface area contributed by atoms with E-state index < -0.39 is 0 Å². The lowest BCUT2D eigenvalue weighted by molar-refractivity contribution is -0.0130. The molecule has 0 aromatic heterocycles. The third-order valence-electron chi connectivity index (χ3n) is 3.15. The zero-order valence-corrected chi connectivity index (χ0v) is 11.2. The summed E-state index contributed by atoms with van der Waals surface area (Å²) in [7, 11) is 0. The molecule has 0 amide bonds. The maximum atomic E-state index is 6.14. The molecule has 0 aliphatic heterocycles. The Morgan fingerprint density at radius 2 is 1.93 bits per heavy atom. The minimum absolute atomic E-state index is 0.0780. The molecule has 2 unspecified atom stereocenters. The van der Waals surface area contributed by atoms with E-state index in [1.807, 2.05) is 24.3 Å². The molecule has 82 valence electrons. The molecular weight excluding hydrogens is 275 g/mol. The van der Waals surface area contributed by atoms with Crippen molar-refractivity contribution in [1.29, 1.82) is 0 Å². The van der Waals surface area contributed by atoms with Crippen molar-refractivity contribution in [1.82, 2.24) is 0 Å². The van der Waals surface area contributed by atoms with Crippen molar-refractivity contribution in [3.8, 4) is 5.75 Å². The summed E-state index contributed by atoms with van der Waals surface area (Å²) in [4.78, 5) is 0. The van der Waals surface area contributed by atoms with Gasteiger partial charge in [-0.25, -0.2) is 0 Å². The monoisotopic (exact) mass is 288 g/mol. The van der Waals surface area contributed by atoms with Crippen LogP contribution in [0.3, 0.4) is 0 Å². The van der Waals surface area contributed by atoms with Gasteiger partial charge in [0.05, 0.1) is 0 Å². The number of benzene rings is 1. The first-order valence-corrected chi connectivity index (χ1v) is 6.29. The van der Waals surface area contributed by atoms with Crippen molar-refractivity contribution in [3.05, 3.63) is 28.7 Å². The molecule has 3 heteroatoms. The highest BCUT2D eigenvalue weighted by atomic mass is 79.9. The second-order valence-corrected chi connectivity index (χ2v) is 6.03. The number of rotatable bonds is 2. The molecule has 1 fully saturated rings. The van der Waals surface area contributed by atoms with E-state index in [0.29, 0.717) is 0 Å². The van der Waals surface area contributed by atoms with Gasteiger partial charge in [-0.05, 0) is 24.3 Å². The lowest BCUT2D eigenvalue weighted by Gasteiger charge is -2.48. The molecule has 0 radical (unpaired) electrons. The number of halogens is 2. The van der Waals surface area contributed by atoms with Gasteiger partial charge in [-0.1, -0.05) is 29.8 Å². The second-order valence-electron chi connectivity index (χ2n) is 4.59. The first kappa shape index (κ1) is 11.3. The maximum Gasteiger partial charge on any atom is 0.119 e. The van der Waals surface area contributed by atoms with Crippen LogP contribution in [0.5, 0.6) is 5.75 Å². The van der Waals surface area contributed by atoms with Gasteiger partial charge in [0.2, 0.25) is 0 Å². The summed E-state index contributed by atoms with van der Waals surface area (Å²) in [5, 5.41) is 0.234. The third kappa shape index (κ3) is 2.16. The Labute approximate surface area is 104 Å². The fourth-order valence-corrected chi connectivity index (χ4v) is 2.28. The molecule has 0 spiro atoms. The molecular formula is C12H14BrClO. The zero-order valence-electron chi connectivity index (χ0n) is 8.84. The van der Waals surface area contributed by atoms with Crippen molar-refractivity contribution in [2.75, 3.05) is 0 Å².